The number of hydrogen-bond acceptors (Lipinski definition) is 4. The van der Waals surface area contributed by atoms with E-state index in [9.17, 15) is 0 Å². The number of pyridine rings is 1. The molecule has 0 radical (unpaired) electrons. The molecule has 2 heterocycles. The molecule has 82 valence electrons. The van der Waals surface area contributed by atoms with Crippen molar-refractivity contribution in [1.29, 1.82) is 0 Å². The molecule has 0 saturated heterocycles. The molecule has 4 nitrogen and oxygen atoms in total. The molecule has 0 fully saturated rings. The van der Waals surface area contributed by atoms with Crippen molar-refractivity contribution < 1.29 is 4.74 Å². The van der Waals surface area contributed by atoms with Crippen LogP contribution in [-0.4, -0.2) is 15.0 Å². The number of aryl methyl sites for hydroxylation is 1. The Morgan fingerprint density at radius 1 is 1.31 bits per heavy atom. The minimum atomic E-state index is 0.537. The first kappa shape index (κ1) is 10.8. The smallest absolute Gasteiger partial charge is 0.204 e. The van der Waals surface area contributed by atoms with Crippen LogP contribution in [0.3, 0.4) is 0 Å². The molecule has 0 amide bonds. The summed E-state index contributed by atoms with van der Waals surface area (Å²) in [5, 5.41) is 0. The van der Waals surface area contributed by atoms with Crippen LogP contribution < -0.4 is 4.74 Å². The van der Waals surface area contributed by atoms with Crippen LogP contribution >= 0.6 is 12.2 Å². The van der Waals surface area contributed by atoms with Crippen molar-refractivity contribution in [3.05, 3.63) is 40.6 Å². The summed E-state index contributed by atoms with van der Waals surface area (Å²) in [5.41, 5.74) is 1.65. The molecule has 0 unspecified atom stereocenters. The Morgan fingerprint density at radius 3 is 2.88 bits per heavy atom. The van der Waals surface area contributed by atoms with Crippen molar-refractivity contribution in [3.63, 3.8) is 0 Å². The number of nitrogens with zero attached hydrogens (tertiary/aromatic N) is 2. The number of aromatic amines is 1. The molecular weight excluding hydrogens is 222 g/mol. The van der Waals surface area contributed by atoms with Crippen LogP contribution in [0.1, 0.15) is 11.3 Å². The Morgan fingerprint density at radius 2 is 2.12 bits per heavy atom. The van der Waals surface area contributed by atoms with E-state index >= 15 is 0 Å². The fourth-order valence-electron chi connectivity index (χ4n) is 1.25. The van der Waals surface area contributed by atoms with Gasteiger partial charge in [-0.2, -0.15) is 0 Å². The second-order valence-electron chi connectivity index (χ2n) is 3.35. The second kappa shape index (κ2) is 4.40. The summed E-state index contributed by atoms with van der Waals surface area (Å²) in [6.07, 6.45) is 3.25. The molecule has 2 rings (SSSR count). The maximum Gasteiger partial charge on any atom is 0.204 e. The number of hydrogen-bond donors (Lipinski definition) is 1. The van der Waals surface area contributed by atoms with Crippen LogP contribution in [0, 0.1) is 18.5 Å². The maximum absolute atomic E-state index is 5.70. The number of rotatable bonds is 2. The number of H-pyrrole nitrogens is 1. The maximum atomic E-state index is 5.70. The molecule has 0 bridgehead atoms. The van der Waals surface area contributed by atoms with Crippen molar-refractivity contribution in [2.75, 3.05) is 0 Å². The average molecular weight is 233 g/mol. The molecular formula is C11H11N3OS. The van der Waals surface area contributed by atoms with Gasteiger partial charge in [-0.1, -0.05) is 12.2 Å². The van der Waals surface area contributed by atoms with Gasteiger partial charge in [0.1, 0.15) is 4.64 Å². The summed E-state index contributed by atoms with van der Waals surface area (Å²) in [6.45, 7) is 3.76. The van der Waals surface area contributed by atoms with E-state index in [1.165, 1.54) is 6.33 Å². The van der Waals surface area contributed by atoms with Gasteiger partial charge in [-0.25, -0.2) is 4.98 Å². The molecule has 0 aliphatic rings. The van der Waals surface area contributed by atoms with Gasteiger partial charge in [0.2, 0.25) is 5.88 Å². The largest absolute Gasteiger partial charge is 0.439 e. The molecule has 0 aliphatic carbocycles. The highest BCUT2D eigenvalue weighted by Crippen LogP contribution is 2.23. The van der Waals surface area contributed by atoms with Crippen molar-refractivity contribution in [3.8, 4) is 11.6 Å². The summed E-state index contributed by atoms with van der Waals surface area (Å²) in [4.78, 5) is 11.0. The summed E-state index contributed by atoms with van der Waals surface area (Å²) in [7, 11) is 0. The molecule has 0 atom stereocenters. The normalized spacial score (nSPS) is 10.1. The van der Waals surface area contributed by atoms with Crippen molar-refractivity contribution in [2.45, 2.75) is 13.8 Å². The van der Waals surface area contributed by atoms with E-state index in [4.69, 9.17) is 17.0 Å². The summed E-state index contributed by atoms with van der Waals surface area (Å²) < 4.78 is 6.23. The molecule has 0 aromatic carbocycles. The molecule has 2 aromatic heterocycles. The lowest BCUT2D eigenvalue weighted by Gasteiger charge is -2.09. The Bertz CT molecular complexity index is 565. The topological polar surface area (TPSA) is 50.8 Å². The highest BCUT2D eigenvalue weighted by molar-refractivity contribution is 7.71. The molecule has 5 heteroatoms. The average Bonchev–Trinajstić information content (AvgIpc) is 2.28. The molecule has 0 spiro atoms. The van der Waals surface area contributed by atoms with E-state index in [0.29, 0.717) is 16.3 Å². The van der Waals surface area contributed by atoms with Gasteiger partial charge in [0.25, 0.3) is 0 Å². The first-order valence-electron chi connectivity index (χ1n) is 4.82. The third-order valence-corrected chi connectivity index (χ3v) is 2.62. The molecule has 16 heavy (non-hydrogen) atoms. The van der Waals surface area contributed by atoms with Gasteiger partial charge in [0.15, 0.2) is 5.75 Å². The van der Waals surface area contributed by atoms with Crippen LogP contribution in [0.4, 0.5) is 0 Å². The zero-order chi connectivity index (χ0) is 11.5. The van der Waals surface area contributed by atoms with Gasteiger partial charge < -0.3 is 9.72 Å². The van der Waals surface area contributed by atoms with Gasteiger partial charge in [-0.05, 0) is 26.0 Å². The van der Waals surface area contributed by atoms with E-state index < -0.39 is 0 Å². The van der Waals surface area contributed by atoms with Crippen LogP contribution in [0.15, 0.2) is 24.7 Å². The van der Waals surface area contributed by atoms with Gasteiger partial charge >= 0.3 is 0 Å². The van der Waals surface area contributed by atoms with E-state index in [2.05, 4.69) is 15.0 Å². The van der Waals surface area contributed by atoms with E-state index in [1.54, 1.807) is 6.20 Å². The predicted octanol–water partition coefficient (Wildman–Crippen LogP) is 2.94. The molecule has 2 aromatic rings. The standard InChI is InChI=1S/C11H11N3OS/c1-7-10(13-6-14-11(7)16)15-9-4-3-5-12-8(9)2/h3-6H,1-2H3,(H,13,14,16). The summed E-state index contributed by atoms with van der Waals surface area (Å²) in [5.74, 6) is 1.32. The number of aromatic nitrogens is 3. The Labute approximate surface area is 98.3 Å². The second-order valence-corrected chi connectivity index (χ2v) is 3.74. The zero-order valence-corrected chi connectivity index (χ0v) is 9.84. The van der Waals surface area contributed by atoms with E-state index in [-0.39, 0.29) is 0 Å². The number of nitrogens with one attached hydrogen (secondary N) is 1. The van der Waals surface area contributed by atoms with Gasteiger partial charge in [0, 0.05) is 11.8 Å². The highest BCUT2D eigenvalue weighted by atomic mass is 32.1. The highest BCUT2D eigenvalue weighted by Gasteiger charge is 2.05. The van der Waals surface area contributed by atoms with Crippen LogP contribution in [0.5, 0.6) is 11.6 Å². The molecule has 0 saturated carbocycles. The van der Waals surface area contributed by atoms with Crippen molar-refractivity contribution >= 4 is 12.2 Å². The van der Waals surface area contributed by atoms with Gasteiger partial charge in [0.05, 0.1) is 12.0 Å². The fourth-order valence-corrected chi connectivity index (χ4v) is 1.39. The Balaban J connectivity index is 2.38. The summed E-state index contributed by atoms with van der Waals surface area (Å²) >= 11 is 5.06. The third-order valence-electron chi connectivity index (χ3n) is 2.21. The van der Waals surface area contributed by atoms with Crippen LogP contribution in [-0.2, 0) is 0 Å². The monoisotopic (exact) mass is 233 g/mol. The summed E-state index contributed by atoms with van der Waals surface area (Å²) in [6, 6.07) is 3.69. The SMILES string of the molecule is Cc1ncccc1Oc1[nH]cnc(=S)c1C. The Hall–Kier alpha value is -1.75. The first-order valence-corrected chi connectivity index (χ1v) is 5.23. The predicted molar refractivity (Wildman–Crippen MR) is 63.2 cm³/mol. The quantitative estimate of drug-likeness (QED) is 0.810. The van der Waals surface area contributed by atoms with Crippen molar-refractivity contribution in [2.24, 2.45) is 0 Å². The first-order chi connectivity index (χ1) is 7.68. The lowest BCUT2D eigenvalue weighted by atomic mass is 10.3. The minimum Gasteiger partial charge on any atom is -0.439 e. The zero-order valence-electron chi connectivity index (χ0n) is 9.02. The Kier molecular flexibility index (Phi) is 2.96. The lowest BCUT2D eigenvalue weighted by molar-refractivity contribution is 0.450. The van der Waals surface area contributed by atoms with Gasteiger partial charge in [-0.3, -0.25) is 4.98 Å². The molecule has 0 aliphatic heterocycles. The number of ether oxygens (including phenoxy) is 1. The van der Waals surface area contributed by atoms with Gasteiger partial charge in [-0.15, -0.1) is 0 Å². The minimum absolute atomic E-state index is 0.537. The van der Waals surface area contributed by atoms with Crippen LogP contribution in [0.25, 0.3) is 0 Å². The lowest BCUT2D eigenvalue weighted by Crippen LogP contribution is -1.95. The van der Waals surface area contributed by atoms with E-state index in [0.717, 1.165) is 11.3 Å². The van der Waals surface area contributed by atoms with Crippen LogP contribution in [0.2, 0.25) is 0 Å². The van der Waals surface area contributed by atoms with Crippen molar-refractivity contribution in [1.82, 2.24) is 15.0 Å². The third kappa shape index (κ3) is 2.09. The molecule has 1 N–H and O–H groups in total. The fraction of sp³-hybridized carbons (Fsp3) is 0.182. The van der Waals surface area contributed by atoms with E-state index in [1.807, 2.05) is 26.0 Å².